The molecule has 0 amide bonds. The lowest BCUT2D eigenvalue weighted by Crippen LogP contribution is -1.82. The Bertz CT molecular complexity index is 625. The second-order valence-electron chi connectivity index (χ2n) is 8.32. The highest BCUT2D eigenvalue weighted by Crippen LogP contribution is 2.14. The van der Waals surface area contributed by atoms with E-state index in [0.29, 0.717) is 6.42 Å². The molecule has 0 bridgehead atoms. The topological polar surface area (TPSA) is 17.1 Å². The zero-order valence-corrected chi connectivity index (χ0v) is 19.4. The molecule has 0 aromatic carbocycles. The Morgan fingerprint density at radius 1 is 0.536 bits per heavy atom. The van der Waals surface area contributed by atoms with E-state index in [1.165, 1.54) is 34.3 Å². The van der Waals surface area contributed by atoms with Gasteiger partial charge in [-0.3, -0.25) is 0 Å². The van der Waals surface area contributed by atoms with Crippen molar-refractivity contribution in [1.82, 2.24) is 0 Å². The molecule has 0 atom stereocenters. The minimum atomic E-state index is -0.470. The van der Waals surface area contributed by atoms with Gasteiger partial charge >= 0.3 is 0 Å². The fourth-order valence-electron chi connectivity index (χ4n) is 3.00. The van der Waals surface area contributed by atoms with E-state index in [0.717, 1.165) is 51.4 Å². The van der Waals surface area contributed by atoms with Gasteiger partial charge in [-0.15, -0.1) is 0 Å². The summed E-state index contributed by atoms with van der Waals surface area (Å²) >= 11 is 0. The van der Waals surface area contributed by atoms with Gasteiger partial charge in [0, 0.05) is 6.42 Å². The number of aldehydes is 1. The van der Waals surface area contributed by atoms with Crippen LogP contribution in [0.4, 0.5) is 0 Å². The van der Waals surface area contributed by atoms with Gasteiger partial charge in [0.15, 0.2) is 0 Å². The number of rotatable bonds is 15. The van der Waals surface area contributed by atoms with Crippen LogP contribution in [0.25, 0.3) is 0 Å². The van der Waals surface area contributed by atoms with Crippen LogP contribution in [0.1, 0.15) is 107 Å². The lowest BCUT2D eigenvalue weighted by atomic mass is 10.0. The van der Waals surface area contributed by atoms with Crippen LogP contribution in [0.2, 0.25) is 0 Å². The van der Waals surface area contributed by atoms with Gasteiger partial charge in [-0.05, 0) is 99.3 Å². The SMILES string of the molecule is [3H]C(=O)CC/C(C)=C/CC/C(C)=C/CC/C=C(\C)CC/C=C(\C)CCC=C(C)C. The summed E-state index contributed by atoms with van der Waals surface area (Å²) in [5, 5.41) is 0. The van der Waals surface area contributed by atoms with Crippen molar-refractivity contribution in [3.05, 3.63) is 58.2 Å². The molecular formula is C27H44O. The summed E-state index contributed by atoms with van der Waals surface area (Å²) in [4.78, 5) is 10.7. The first-order valence-corrected chi connectivity index (χ1v) is 11.0. The van der Waals surface area contributed by atoms with Gasteiger partial charge in [-0.2, -0.15) is 0 Å². The molecule has 0 aliphatic heterocycles. The highest BCUT2D eigenvalue weighted by molar-refractivity contribution is 5.49. The molecule has 0 rings (SSSR count). The second kappa shape index (κ2) is 17.5. The largest absolute Gasteiger partial charge is 0.303 e. The number of hydrogen-bond acceptors (Lipinski definition) is 1. The second-order valence-corrected chi connectivity index (χ2v) is 8.32. The standard InChI is InChI=1S/C27H44O/c1-23(2)13-9-16-26(5)19-10-17-24(3)14-7-8-15-25(4)18-11-20-27(6)21-12-22-28/h13-15,19-20,22H,7-12,16-18,21H2,1-6H3/b24-14+,25-15+,26-19+,27-20+/i22T. The normalized spacial score (nSPS) is 14.1. The fourth-order valence-corrected chi connectivity index (χ4v) is 3.00. The maximum Gasteiger partial charge on any atom is 0.120 e. The van der Waals surface area contributed by atoms with Gasteiger partial charge < -0.3 is 4.79 Å². The van der Waals surface area contributed by atoms with Crippen molar-refractivity contribution in [2.75, 3.05) is 0 Å². The summed E-state index contributed by atoms with van der Waals surface area (Å²) in [5.74, 6) is 0. The van der Waals surface area contributed by atoms with Crippen LogP contribution in [0.3, 0.4) is 0 Å². The van der Waals surface area contributed by atoms with E-state index in [9.17, 15) is 4.79 Å². The Morgan fingerprint density at radius 2 is 0.857 bits per heavy atom. The molecular weight excluding hydrogens is 340 g/mol. The third-order valence-electron chi connectivity index (χ3n) is 4.93. The highest BCUT2D eigenvalue weighted by atomic mass is 16.1. The maximum atomic E-state index is 10.7. The number of allylic oxidation sites excluding steroid dienone is 10. The van der Waals surface area contributed by atoms with Gasteiger partial charge in [0.25, 0.3) is 0 Å². The van der Waals surface area contributed by atoms with Crippen molar-refractivity contribution < 1.29 is 6.17 Å². The van der Waals surface area contributed by atoms with Gasteiger partial charge in [0.05, 0.1) is 0 Å². The average molecular weight is 387 g/mol. The zero-order chi connectivity index (χ0) is 22.1. The number of carbonyl (C=O) groups excluding carboxylic acids is 1. The summed E-state index contributed by atoms with van der Waals surface area (Å²) in [6.45, 7) is 13.1. The van der Waals surface area contributed by atoms with Crippen LogP contribution in [0.15, 0.2) is 58.2 Å². The van der Waals surface area contributed by atoms with Crippen molar-refractivity contribution in [3.63, 3.8) is 0 Å². The monoisotopic (exact) mass is 386 g/mol. The Hall–Kier alpha value is -1.63. The van der Waals surface area contributed by atoms with E-state index in [1.807, 2.05) is 0 Å². The summed E-state index contributed by atoms with van der Waals surface area (Å²) < 4.78 is 6.95. The quantitative estimate of drug-likeness (QED) is 0.156. The van der Waals surface area contributed by atoms with Crippen LogP contribution >= 0.6 is 0 Å². The Morgan fingerprint density at radius 3 is 1.21 bits per heavy atom. The van der Waals surface area contributed by atoms with Crippen molar-refractivity contribution in [2.24, 2.45) is 0 Å². The summed E-state index contributed by atoms with van der Waals surface area (Å²) in [5.41, 5.74) is 7.06. The molecule has 0 aliphatic carbocycles. The smallest absolute Gasteiger partial charge is 0.120 e. The van der Waals surface area contributed by atoms with Gasteiger partial charge in [-0.1, -0.05) is 58.2 Å². The highest BCUT2D eigenvalue weighted by Gasteiger charge is 1.94. The fraction of sp³-hybridized carbons (Fsp3) is 0.593. The zero-order valence-electron chi connectivity index (χ0n) is 20.4. The molecule has 0 saturated heterocycles. The average Bonchev–Trinajstić information content (AvgIpc) is 2.63. The summed E-state index contributed by atoms with van der Waals surface area (Å²) in [6.07, 6.45) is 21.2. The Balaban J connectivity index is 4.04. The van der Waals surface area contributed by atoms with Gasteiger partial charge in [0.2, 0.25) is 0 Å². The van der Waals surface area contributed by atoms with Gasteiger partial charge in [0.1, 0.15) is 7.63 Å². The Kier molecular flexibility index (Phi) is 15.2. The number of carbonyl (C=O) groups is 1. The van der Waals surface area contributed by atoms with Crippen molar-refractivity contribution >= 4 is 6.26 Å². The van der Waals surface area contributed by atoms with Crippen LogP contribution in [0.5, 0.6) is 0 Å². The van der Waals surface area contributed by atoms with E-state index in [1.54, 1.807) is 0 Å². The molecule has 158 valence electrons. The molecule has 0 fully saturated rings. The number of hydrogen-bond donors (Lipinski definition) is 0. The third kappa shape index (κ3) is 17.8. The summed E-state index contributed by atoms with van der Waals surface area (Å²) in [7, 11) is 0. The molecule has 0 spiro atoms. The minimum Gasteiger partial charge on any atom is -0.303 e. The molecule has 0 aromatic heterocycles. The van der Waals surface area contributed by atoms with Crippen LogP contribution in [-0.4, -0.2) is 6.26 Å². The van der Waals surface area contributed by atoms with Crippen molar-refractivity contribution in [1.29, 1.82) is 0 Å². The molecule has 0 heterocycles. The van der Waals surface area contributed by atoms with Crippen molar-refractivity contribution in [3.8, 4) is 0 Å². The van der Waals surface area contributed by atoms with E-state index in [4.69, 9.17) is 1.37 Å². The molecule has 0 aliphatic rings. The maximum absolute atomic E-state index is 10.7. The van der Waals surface area contributed by atoms with E-state index in [2.05, 4.69) is 71.9 Å². The van der Waals surface area contributed by atoms with Crippen LogP contribution in [0, 0.1) is 0 Å². The predicted octanol–water partition coefficient (Wildman–Crippen LogP) is 8.84. The van der Waals surface area contributed by atoms with E-state index < -0.39 is 6.26 Å². The molecule has 28 heavy (non-hydrogen) atoms. The number of unbranched alkanes of at least 4 members (excludes halogenated alkanes) is 1. The molecule has 1 nitrogen and oxygen atoms in total. The molecule has 0 saturated carbocycles. The summed E-state index contributed by atoms with van der Waals surface area (Å²) in [6, 6.07) is 0. The van der Waals surface area contributed by atoms with E-state index in [-0.39, 0.29) is 0 Å². The molecule has 0 N–H and O–H groups in total. The molecule has 0 aromatic rings. The van der Waals surface area contributed by atoms with Crippen LogP contribution < -0.4 is 0 Å². The first kappa shape index (κ1) is 24.4. The predicted molar refractivity (Wildman–Crippen MR) is 127 cm³/mol. The van der Waals surface area contributed by atoms with E-state index >= 15 is 0 Å². The van der Waals surface area contributed by atoms with Gasteiger partial charge in [-0.25, -0.2) is 0 Å². The third-order valence-corrected chi connectivity index (χ3v) is 4.93. The first-order valence-electron chi connectivity index (χ1n) is 11.5. The lowest BCUT2D eigenvalue weighted by Gasteiger charge is -2.02. The van der Waals surface area contributed by atoms with Crippen molar-refractivity contribution in [2.45, 2.75) is 106 Å². The molecule has 0 radical (unpaired) electrons. The first-order chi connectivity index (χ1) is 13.7. The molecule has 1 heteroatoms. The molecule has 0 unspecified atom stereocenters. The van der Waals surface area contributed by atoms with Crippen LogP contribution in [-0.2, 0) is 4.79 Å². The minimum absolute atomic E-state index is 0.341. The lowest BCUT2D eigenvalue weighted by molar-refractivity contribution is -0.107. The Labute approximate surface area is 176 Å².